The average molecular weight is 205 g/mol. The molecule has 0 aliphatic carbocycles. The highest BCUT2D eigenvalue weighted by Gasteiger charge is 2.10. The van der Waals surface area contributed by atoms with Gasteiger partial charge in [0.2, 0.25) is 0 Å². The second-order valence-corrected chi connectivity index (χ2v) is 3.80. The minimum Gasteiger partial charge on any atom is -0.497 e. The van der Waals surface area contributed by atoms with Gasteiger partial charge in [-0.15, -0.1) is 0 Å². The third-order valence-corrected chi connectivity index (χ3v) is 2.71. The molecule has 81 valence electrons. The summed E-state index contributed by atoms with van der Waals surface area (Å²) in [6.07, 6.45) is 0. The molecule has 1 aliphatic heterocycles. The van der Waals surface area contributed by atoms with E-state index in [1.54, 1.807) is 7.11 Å². The molecule has 0 atom stereocenters. The van der Waals surface area contributed by atoms with Crippen LogP contribution in [0.4, 0.5) is 0 Å². The molecule has 2 rings (SSSR count). The third-order valence-electron chi connectivity index (χ3n) is 2.71. The lowest BCUT2D eigenvalue weighted by Crippen LogP contribution is -2.39. The fourth-order valence-electron chi connectivity index (χ4n) is 1.80. The summed E-state index contributed by atoms with van der Waals surface area (Å²) in [6, 6.07) is 8.29. The number of rotatable bonds is 3. The summed E-state index contributed by atoms with van der Waals surface area (Å²) in [7, 11) is 1.70. The van der Waals surface area contributed by atoms with Gasteiger partial charge >= 0.3 is 0 Å². The summed E-state index contributed by atoms with van der Waals surface area (Å²) in [5.74, 6) is 0.924. The van der Waals surface area contributed by atoms with Crippen LogP contribution in [-0.2, 0) is 6.54 Å². The van der Waals surface area contributed by atoms with Crippen molar-refractivity contribution in [3.63, 3.8) is 0 Å². The number of hydrogen-bond donors (Lipinski definition) is 0. The first kappa shape index (κ1) is 10.5. The molecule has 1 aliphatic rings. The molecular formula is C12H17N2O. The molecule has 3 heteroatoms. The van der Waals surface area contributed by atoms with Crippen molar-refractivity contribution < 1.29 is 4.74 Å². The van der Waals surface area contributed by atoms with Crippen LogP contribution in [0.2, 0.25) is 0 Å². The monoisotopic (exact) mass is 205 g/mol. The Bertz CT molecular complexity index is 291. The molecule has 0 aromatic heterocycles. The summed E-state index contributed by atoms with van der Waals surface area (Å²) >= 11 is 0. The van der Waals surface area contributed by atoms with E-state index in [1.807, 2.05) is 12.1 Å². The maximum Gasteiger partial charge on any atom is 0.118 e. The molecule has 0 unspecified atom stereocenters. The Labute approximate surface area is 91.0 Å². The van der Waals surface area contributed by atoms with Crippen LogP contribution in [0.3, 0.4) is 0 Å². The molecular weight excluding hydrogens is 188 g/mol. The highest BCUT2D eigenvalue weighted by atomic mass is 16.5. The highest BCUT2D eigenvalue weighted by molar-refractivity contribution is 5.27. The summed E-state index contributed by atoms with van der Waals surface area (Å²) in [5, 5.41) is 4.33. The molecule has 15 heavy (non-hydrogen) atoms. The zero-order valence-corrected chi connectivity index (χ0v) is 9.15. The van der Waals surface area contributed by atoms with E-state index in [0.717, 1.165) is 38.5 Å². The Hall–Kier alpha value is -1.06. The van der Waals surface area contributed by atoms with Crippen LogP contribution in [-0.4, -0.2) is 38.2 Å². The van der Waals surface area contributed by atoms with Gasteiger partial charge in [0.1, 0.15) is 5.75 Å². The number of methoxy groups -OCH3 is 1. The van der Waals surface area contributed by atoms with Crippen molar-refractivity contribution in [2.24, 2.45) is 0 Å². The fraction of sp³-hybridized carbons (Fsp3) is 0.500. The van der Waals surface area contributed by atoms with Gasteiger partial charge in [0.15, 0.2) is 0 Å². The first-order valence-corrected chi connectivity index (χ1v) is 5.37. The summed E-state index contributed by atoms with van der Waals surface area (Å²) < 4.78 is 5.13. The van der Waals surface area contributed by atoms with Crippen LogP contribution in [0.1, 0.15) is 5.56 Å². The predicted molar refractivity (Wildman–Crippen MR) is 60.1 cm³/mol. The van der Waals surface area contributed by atoms with Gasteiger partial charge in [0, 0.05) is 32.7 Å². The zero-order valence-electron chi connectivity index (χ0n) is 9.15. The van der Waals surface area contributed by atoms with Crippen molar-refractivity contribution >= 4 is 0 Å². The number of hydrogen-bond acceptors (Lipinski definition) is 2. The van der Waals surface area contributed by atoms with E-state index in [-0.39, 0.29) is 0 Å². The van der Waals surface area contributed by atoms with Crippen molar-refractivity contribution in [1.29, 1.82) is 0 Å². The number of nitrogens with zero attached hydrogens (tertiary/aromatic N) is 2. The first-order chi connectivity index (χ1) is 7.38. The van der Waals surface area contributed by atoms with Crippen LogP contribution in [0.15, 0.2) is 24.3 Å². The van der Waals surface area contributed by atoms with Crippen LogP contribution in [0.5, 0.6) is 5.75 Å². The molecule has 1 heterocycles. The molecule has 1 aromatic rings. The quantitative estimate of drug-likeness (QED) is 0.739. The van der Waals surface area contributed by atoms with E-state index in [4.69, 9.17) is 4.74 Å². The van der Waals surface area contributed by atoms with Crippen LogP contribution in [0, 0.1) is 0 Å². The maximum atomic E-state index is 5.13. The fourth-order valence-corrected chi connectivity index (χ4v) is 1.80. The Kier molecular flexibility index (Phi) is 3.59. The SMILES string of the molecule is COc1ccc(CN2CC[N]CC2)cc1. The lowest BCUT2D eigenvalue weighted by atomic mass is 10.2. The minimum atomic E-state index is 0.924. The summed E-state index contributed by atoms with van der Waals surface area (Å²) in [4.78, 5) is 2.44. The Morgan fingerprint density at radius 3 is 2.47 bits per heavy atom. The lowest BCUT2D eigenvalue weighted by Gasteiger charge is -2.26. The Balaban J connectivity index is 1.91. The largest absolute Gasteiger partial charge is 0.497 e. The summed E-state index contributed by atoms with van der Waals surface area (Å²) in [5.41, 5.74) is 1.35. The molecule has 0 N–H and O–H groups in total. The van der Waals surface area contributed by atoms with E-state index < -0.39 is 0 Å². The number of piperazine rings is 1. The van der Waals surface area contributed by atoms with E-state index in [9.17, 15) is 0 Å². The highest BCUT2D eigenvalue weighted by Crippen LogP contribution is 2.13. The second-order valence-electron chi connectivity index (χ2n) is 3.80. The Morgan fingerprint density at radius 1 is 1.20 bits per heavy atom. The minimum absolute atomic E-state index is 0.924. The number of ether oxygens (including phenoxy) is 1. The van der Waals surface area contributed by atoms with Crippen molar-refractivity contribution in [3.05, 3.63) is 29.8 Å². The standard InChI is InChI=1S/C12H17N2O/c1-15-12-4-2-11(3-5-12)10-14-8-6-13-7-9-14/h2-5H,6-10H2,1H3. The van der Waals surface area contributed by atoms with Crippen molar-refractivity contribution in [2.45, 2.75) is 6.54 Å². The lowest BCUT2D eigenvalue weighted by molar-refractivity contribution is 0.230. The summed E-state index contributed by atoms with van der Waals surface area (Å²) in [6.45, 7) is 5.17. The van der Waals surface area contributed by atoms with Gasteiger partial charge < -0.3 is 4.74 Å². The second kappa shape index (κ2) is 5.14. The average Bonchev–Trinajstić information content (AvgIpc) is 2.31. The van der Waals surface area contributed by atoms with E-state index in [2.05, 4.69) is 22.3 Å². The molecule has 1 aromatic carbocycles. The van der Waals surface area contributed by atoms with Gasteiger partial charge in [0.05, 0.1) is 7.11 Å². The van der Waals surface area contributed by atoms with E-state index in [1.165, 1.54) is 5.56 Å². The zero-order chi connectivity index (χ0) is 10.5. The normalized spacial score (nSPS) is 17.7. The van der Waals surface area contributed by atoms with E-state index >= 15 is 0 Å². The molecule has 1 saturated heterocycles. The Morgan fingerprint density at radius 2 is 1.87 bits per heavy atom. The predicted octanol–water partition coefficient (Wildman–Crippen LogP) is 1.12. The van der Waals surface area contributed by atoms with Crippen molar-refractivity contribution in [3.8, 4) is 5.75 Å². The van der Waals surface area contributed by atoms with Gasteiger partial charge in [-0.25, -0.2) is 5.32 Å². The smallest absolute Gasteiger partial charge is 0.118 e. The van der Waals surface area contributed by atoms with Gasteiger partial charge in [-0.05, 0) is 17.7 Å². The molecule has 1 radical (unpaired) electrons. The molecule has 0 saturated carbocycles. The topological polar surface area (TPSA) is 26.6 Å². The van der Waals surface area contributed by atoms with Crippen molar-refractivity contribution in [2.75, 3.05) is 33.3 Å². The first-order valence-electron chi connectivity index (χ1n) is 5.37. The van der Waals surface area contributed by atoms with Crippen LogP contribution in [0.25, 0.3) is 0 Å². The molecule has 3 nitrogen and oxygen atoms in total. The molecule has 0 spiro atoms. The van der Waals surface area contributed by atoms with Gasteiger partial charge in [-0.2, -0.15) is 0 Å². The number of benzene rings is 1. The van der Waals surface area contributed by atoms with Crippen LogP contribution < -0.4 is 10.1 Å². The molecule has 0 amide bonds. The third kappa shape index (κ3) is 2.94. The van der Waals surface area contributed by atoms with Gasteiger partial charge in [-0.3, -0.25) is 4.90 Å². The van der Waals surface area contributed by atoms with E-state index in [0.29, 0.717) is 0 Å². The van der Waals surface area contributed by atoms with Crippen LogP contribution >= 0.6 is 0 Å². The van der Waals surface area contributed by atoms with Crippen molar-refractivity contribution in [1.82, 2.24) is 10.2 Å². The van der Waals surface area contributed by atoms with Gasteiger partial charge in [-0.1, -0.05) is 12.1 Å². The maximum absolute atomic E-state index is 5.13. The molecule has 0 bridgehead atoms. The molecule has 1 fully saturated rings. The van der Waals surface area contributed by atoms with Gasteiger partial charge in [0.25, 0.3) is 0 Å².